The van der Waals surface area contributed by atoms with Crippen molar-refractivity contribution in [3.8, 4) is 11.5 Å². The summed E-state index contributed by atoms with van der Waals surface area (Å²) in [7, 11) is 1.63. The first-order valence-electron chi connectivity index (χ1n) is 7.32. The summed E-state index contributed by atoms with van der Waals surface area (Å²) < 4.78 is 10.6. The van der Waals surface area contributed by atoms with Crippen molar-refractivity contribution in [3.05, 3.63) is 59.7 Å². The van der Waals surface area contributed by atoms with E-state index >= 15 is 0 Å². The highest BCUT2D eigenvalue weighted by Gasteiger charge is 2.15. The summed E-state index contributed by atoms with van der Waals surface area (Å²) in [5.41, 5.74) is 1.56. The third-order valence-electron chi connectivity index (χ3n) is 3.39. The SMILES string of the molecule is CCOc1ccccc1C(=O)N[C@@H](C)c1ccc(OC)cc1. The van der Waals surface area contributed by atoms with Gasteiger partial charge in [-0.15, -0.1) is 0 Å². The van der Waals surface area contributed by atoms with Crippen LogP contribution in [0.15, 0.2) is 48.5 Å². The Bertz CT molecular complexity index is 622. The van der Waals surface area contributed by atoms with Gasteiger partial charge < -0.3 is 14.8 Å². The van der Waals surface area contributed by atoms with Gasteiger partial charge in [0.05, 0.1) is 25.3 Å². The molecule has 0 aliphatic rings. The molecule has 1 amide bonds. The second-order valence-electron chi connectivity index (χ2n) is 4.90. The number of rotatable bonds is 6. The Morgan fingerprint density at radius 3 is 2.45 bits per heavy atom. The molecule has 1 atom stereocenters. The fourth-order valence-corrected chi connectivity index (χ4v) is 2.19. The first kappa shape index (κ1) is 15.9. The van der Waals surface area contributed by atoms with Gasteiger partial charge in [0.15, 0.2) is 0 Å². The molecule has 0 saturated carbocycles. The highest BCUT2D eigenvalue weighted by Crippen LogP contribution is 2.21. The molecule has 2 aromatic rings. The van der Waals surface area contributed by atoms with Crippen LogP contribution >= 0.6 is 0 Å². The zero-order chi connectivity index (χ0) is 15.9. The Hall–Kier alpha value is -2.49. The van der Waals surface area contributed by atoms with Crippen molar-refractivity contribution in [2.24, 2.45) is 0 Å². The van der Waals surface area contributed by atoms with Crippen molar-refractivity contribution in [3.63, 3.8) is 0 Å². The van der Waals surface area contributed by atoms with E-state index in [9.17, 15) is 4.79 Å². The Labute approximate surface area is 131 Å². The van der Waals surface area contributed by atoms with Gasteiger partial charge in [-0.1, -0.05) is 24.3 Å². The van der Waals surface area contributed by atoms with Crippen LogP contribution in [0.1, 0.15) is 35.8 Å². The smallest absolute Gasteiger partial charge is 0.255 e. The van der Waals surface area contributed by atoms with E-state index in [1.165, 1.54) is 0 Å². The average molecular weight is 299 g/mol. The fourth-order valence-electron chi connectivity index (χ4n) is 2.19. The first-order chi connectivity index (χ1) is 10.7. The molecule has 2 aromatic carbocycles. The number of methoxy groups -OCH3 is 1. The van der Waals surface area contributed by atoms with Gasteiger partial charge in [-0.3, -0.25) is 4.79 Å². The number of benzene rings is 2. The number of ether oxygens (including phenoxy) is 2. The van der Waals surface area contributed by atoms with Crippen molar-refractivity contribution in [1.29, 1.82) is 0 Å². The first-order valence-corrected chi connectivity index (χ1v) is 7.32. The molecule has 22 heavy (non-hydrogen) atoms. The second kappa shape index (κ2) is 7.50. The third kappa shape index (κ3) is 3.79. The summed E-state index contributed by atoms with van der Waals surface area (Å²) in [4.78, 5) is 12.4. The van der Waals surface area contributed by atoms with Gasteiger partial charge in [0.1, 0.15) is 11.5 Å². The number of amides is 1. The zero-order valence-electron chi connectivity index (χ0n) is 13.1. The lowest BCUT2D eigenvalue weighted by Gasteiger charge is -2.16. The molecular formula is C18H21NO3. The molecule has 2 rings (SSSR count). The van der Waals surface area contributed by atoms with Crippen LogP contribution in [-0.2, 0) is 0 Å². The minimum absolute atomic E-state index is 0.104. The number of carbonyl (C=O) groups excluding carboxylic acids is 1. The van der Waals surface area contributed by atoms with E-state index in [0.29, 0.717) is 17.9 Å². The van der Waals surface area contributed by atoms with Gasteiger partial charge >= 0.3 is 0 Å². The average Bonchev–Trinajstić information content (AvgIpc) is 2.55. The molecule has 0 aliphatic heterocycles. The van der Waals surface area contributed by atoms with E-state index in [0.717, 1.165) is 11.3 Å². The molecule has 0 unspecified atom stereocenters. The minimum Gasteiger partial charge on any atom is -0.497 e. The van der Waals surface area contributed by atoms with Crippen LogP contribution in [-0.4, -0.2) is 19.6 Å². The number of carbonyl (C=O) groups is 1. The van der Waals surface area contributed by atoms with Gasteiger partial charge in [0.2, 0.25) is 0 Å². The number of hydrogen-bond acceptors (Lipinski definition) is 3. The van der Waals surface area contributed by atoms with Crippen molar-refractivity contribution < 1.29 is 14.3 Å². The largest absolute Gasteiger partial charge is 0.497 e. The molecule has 0 heterocycles. The summed E-state index contributed by atoms with van der Waals surface area (Å²) in [5.74, 6) is 1.25. The van der Waals surface area contributed by atoms with Crippen molar-refractivity contribution >= 4 is 5.91 Å². The highest BCUT2D eigenvalue weighted by molar-refractivity contribution is 5.97. The number of para-hydroxylation sites is 1. The third-order valence-corrected chi connectivity index (χ3v) is 3.39. The fraction of sp³-hybridized carbons (Fsp3) is 0.278. The Balaban J connectivity index is 2.10. The molecule has 4 nitrogen and oxygen atoms in total. The lowest BCUT2D eigenvalue weighted by atomic mass is 10.1. The van der Waals surface area contributed by atoms with Gasteiger partial charge in [0, 0.05) is 0 Å². The van der Waals surface area contributed by atoms with Gasteiger partial charge in [-0.05, 0) is 43.7 Å². The molecule has 0 saturated heterocycles. The standard InChI is InChI=1S/C18H21NO3/c1-4-22-17-8-6-5-7-16(17)18(20)19-13(2)14-9-11-15(21-3)12-10-14/h5-13H,4H2,1-3H3,(H,19,20)/t13-/m0/s1. The van der Waals surface area contributed by atoms with Crippen LogP contribution in [0.3, 0.4) is 0 Å². The number of hydrogen-bond donors (Lipinski definition) is 1. The maximum Gasteiger partial charge on any atom is 0.255 e. The predicted molar refractivity (Wildman–Crippen MR) is 86.5 cm³/mol. The van der Waals surface area contributed by atoms with Gasteiger partial charge in [-0.2, -0.15) is 0 Å². The quantitative estimate of drug-likeness (QED) is 0.887. The van der Waals surface area contributed by atoms with Gasteiger partial charge in [-0.25, -0.2) is 0 Å². The lowest BCUT2D eigenvalue weighted by Crippen LogP contribution is -2.27. The maximum absolute atomic E-state index is 12.4. The van der Waals surface area contributed by atoms with Crippen LogP contribution in [0.2, 0.25) is 0 Å². The van der Waals surface area contributed by atoms with Crippen LogP contribution in [0, 0.1) is 0 Å². The zero-order valence-corrected chi connectivity index (χ0v) is 13.1. The van der Waals surface area contributed by atoms with E-state index in [4.69, 9.17) is 9.47 Å². The van der Waals surface area contributed by atoms with E-state index in [2.05, 4.69) is 5.32 Å². The molecule has 0 spiro atoms. The molecular weight excluding hydrogens is 278 g/mol. The molecule has 1 N–H and O–H groups in total. The topological polar surface area (TPSA) is 47.6 Å². The van der Waals surface area contributed by atoms with Crippen LogP contribution in [0.4, 0.5) is 0 Å². The highest BCUT2D eigenvalue weighted by atomic mass is 16.5. The minimum atomic E-state index is -0.146. The monoisotopic (exact) mass is 299 g/mol. The van der Waals surface area contributed by atoms with Crippen LogP contribution in [0.5, 0.6) is 11.5 Å². The molecule has 4 heteroatoms. The molecule has 116 valence electrons. The Morgan fingerprint density at radius 1 is 1.14 bits per heavy atom. The van der Waals surface area contributed by atoms with Crippen LogP contribution < -0.4 is 14.8 Å². The summed E-state index contributed by atoms with van der Waals surface area (Å²) in [6.07, 6.45) is 0. The molecule has 0 fully saturated rings. The van der Waals surface area contributed by atoms with Crippen molar-refractivity contribution in [1.82, 2.24) is 5.32 Å². The Morgan fingerprint density at radius 2 is 1.82 bits per heavy atom. The molecule has 0 bridgehead atoms. The molecule has 0 aliphatic carbocycles. The van der Waals surface area contributed by atoms with Crippen molar-refractivity contribution in [2.45, 2.75) is 19.9 Å². The lowest BCUT2D eigenvalue weighted by molar-refractivity contribution is 0.0936. The summed E-state index contributed by atoms with van der Waals surface area (Å²) in [5, 5.41) is 2.99. The number of nitrogens with one attached hydrogen (secondary N) is 1. The normalized spacial score (nSPS) is 11.6. The van der Waals surface area contributed by atoms with E-state index in [-0.39, 0.29) is 11.9 Å². The van der Waals surface area contributed by atoms with E-state index in [1.807, 2.05) is 50.2 Å². The van der Waals surface area contributed by atoms with Crippen molar-refractivity contribution in [2.75, 3.05) is 13.7 Å². The summed E-state index contributed by atoms with van der Waals surface area (Å²) in [6, 6.07) is 14.8. The summed E-state index contributed by atoms with van der Waals surface area (Å²) in [6.45, 7) is 4.37. The second-order valence-corrected chi connectivity index (χ2v) is 4.90. The maximum atomic E-state index is 12.4. The van der Waals surface area contributed by atoms with E-state index in [1.54, 1.807) is 19.2 Å². The van der Waals surface area contributed by atoms with Crippen LogP contribution in [0.25, 0.3) is 0 Å². The molecule has 0 aromatic heterocycles. The predicted octanol–water partition coefficient (Wildman–Crippen LogP) is 3.58. The van der Waals surface area contributed by atoms with Gasteiger partial charge in [0.25, 0.3) is 5.91 Å². The van der Waals surface area contributed by atoms with E-state index < -0.39 is 0 Å². The molecule has 0 radical (unpaired) electrons. The Kier molecular flexibility index (Phi) is 5.42. The summed E-state index contributed by atoms with van der Waals surface area (Å²) >= 11 is 0.